The molecule has 0 aromatic heterocycles. The Hall–Kier alpha value is -2.29. The number of primary amides is 1. The standard InChI is InChI=1S/C15H14N2O/c16-15(18)14-13(10-6-2-1-3-7-10)11-8-4-5-9-12(11)17-14/h1-9,13-14,17H,(H2,16,18)/t13-,14+/m0/s1. The Morgan fingerprint density at radius 1 is 1.00 bits per heavy atom. The zero-order chi connectivity index (χ0) is 12.5. The highest BCUT2D eigenvalue weighted by Gasteiger charge is 2.36. The van der Waals surface area contributed by atoms with E-state index >= 15 is 0 Å². The minimum absolute atomic E-state index is 0.0000926. The molecule has 0 saturated heterocycles. The molecule has 90 valence electrons. The molecule has 1 amide bonds. The van der Waals surface area contributed by atoms with Crippen LogP contribution in [-0.2, 0) is 4.79 Å². The number of carbonyl (C=O) groups is 1. The number of rotatable bonds is 2. The molecule has 3 rings (SSSR count). The van der Waals surface area contributed by atoms with Gasteiger partial charge in [-0.3, -0.25) is 4.79 Å². The average Bonchev–Trinajstić information content (AvgIpc) is 2.79. The summed E-state index contributed by atoms with van der Waals surface area (Å²) in [6, 6.07) is 17.6. The summed E-state index contributed by atoms with van der Waals surface area (Å²) in [5.74, 6) is -0.319. The summed E-state index contributed by atoms with van der Waals surface area (Å²) in [4.78, 5) is 11.6. The fraction of sp³-hybridized carbons (Fsp3) is 0.133. The van der Waals surface area contributed by atoms with Gasteiger partial charge in [-0.15, -0.1) is 0 Å². The molecule has 1 heterocycles. The Kier molecular flexibility index (Phi) is 2.52. The molecule has 1 aliphatic heterocycles. The maximum atomic E-state index is 11.6. The molecular weight excluding hydrogens is 224 g/mol. The Balaban J connectivity index is 2.11. The van der Waals surface area contributed by atoms with Gasteiger partial charge in [0, 0.05) is 11.6 Å². The van der Waals surface area contributed by atoms with Crippen molar-refractivity contribution in [1.29, 1.82) is 0 Å². The van der Waals surface area contributed by atoms with Crippen LogP contribution in [0.15, 0.2) is 54.6 Å². The molecule has 0 spiro atoms. The lowest BCUT2D eigenvalue weighted by atomic mass is 9.87. The lowest BCUT2D eigenvalue weighted by molar-refractivity contribution is -0.118. The van der Waals surface area contributed by atoms with Crippen LogP contribution in [0.3, 0.4) is 0 Å². The van der Waals surface area contributed by atoms with Crippen molar-refractivity contribution in [2.24, 2.45) is 5.73 Å². The van der Waals surface area contributed by atoms with E-state index in [1.807, 2.05) is 54.6 Å². The monoisotopic (exact) mass is 238 g/mol. The Bertz CT molecular complexity index is 580. The topological polar surface area (TPSA) is 55.1 Å². The predicted molar refractivity (Wildman–Crippen MR) is 71.3 cm³/mol. The number of para-hydroxylation sites is 1. The summed E-state index contributed by atoms with van der Waals surface area (Å²) in [6.45, 7) is 0. The first-order valence-electron chi connectivity index (χ1n) is 5.97. The zero-order valence-corrected chi connectivity index (χ0v) is 9.84. The van der Waals surface area contributed by atoms with Gasteiger partial charge in [-0.1, -0.05) is 48.5 Å². The molecule has 3 heteroatoms. The third kappa shape index (κ3) is 1.64. The molecule has 3 nitrogen and oxygen atoms in total. The Labute approximate surface area is 106 Å². The molecule has 0 bridgehead atoms. The number of fused-ring (bicyclic) bond motifs is 1. The second kappa shape index (κ2) is 4.18. The summed E-state index contributed by atoms with van der Waals surface area (Å²) < 4.78 is 0. The summed E-state index contributed by atoms with van der Waals surface area (Å²) in [6.07, 6.45) is 0. The highest BCUT2D eigenvalue weighted by Crippen LogP contribution is 2.39. The quantitative estimate of drug-likeness (QED) is 0.841. The van der Waals surface area contributed by atoms with Crippen molar-refractivity contribution in [3.05, 3.63) is 65.7 Å². The lowest BCUT2D eigenvalue weighted by Crippen LogP contribution is -2.36. The van der Waals surface area contributed by atoms with Gasteiger partial charge in [-0.05, 0) is 17.2 Å². The lowest BCUT2D eigenvalue weighted by Gasteiger charge is -2.17. The van der Waals surface area contributed by atoms with Crippen molar-refractivity contribution in [1.82, 2.24) is 0 Å². The van der Waals surface area contributed by atoms with Crippen molar-refractivity contribution in [3.8, 4) is 0 Å². The third-order valence-corrected chi connectivity index (χ3v) is 3.41. The fourth-order valence-electron chi connectivity index (χ4n) is 2.60. The molecule has 0 fully saturated rings. The summed E-state index contributed by atoms with van der Waals surface area (Å²) in [7, 11) is 0. The normalized spacial score (nSPS) is 21.1. The molecule has 2 atom stereocenters. The number of hydrogen-bond acceptors (Lipinski definition) is 2. The number of amides is 1. The number of carbonyl (C=O) groups excluding carboxylic acids is 1. The number of anilines is 1. The summed E-state index contributed by atoms with van der Waals surface area (Å²) >= 11 is 0. The molecule has 3 N–H and O–H groups in total. The van der Waals surface area contributed by atoms with Crippen LogP contribution in [0.2, 0.25) is 0 Å². The van der Waals surface area contributed by atoms with E-state index in [0.717, 1.165) is 16.8 Å². The van der Waals surface area contributed by atoms with Crippen molar-refractivity contribution < 1.29 is 4.79 Å². The maximum absolute atomic E-state index is 11.6. The molecule has 0 radical (unpaired) electrons. The highest BCUT2D eigenvalue weighted by molar-refractivity contribution is 5.88. The fourth-order valence-corrected chi connectivity index (χ4v) is 2.60. The first-order valence-corrected chi connectivity index (χ1v) is 5.97. The molecule has 1 aliphatic rings. The van der Waals surface area contributed by atoms with Crippen molar-refractivity contribution in [2.75, 3.05) is 5.32 Å². The van der Waals surface area contributed by atoms with E-state index in [-0.39, 0.29) is 17.9 Å². The number of nitrogens with one attached hydrogen (secondary N) is 1. The molecule has 0 saturated carbocycles. The van der Waals surface area contributed by atoms with Crippen LogP contribution in [0.4, 0.5) is 5.69 Å². The van der Waals surface area contributed by atoms with E-state index in [4.69, 9.17) is 5.73 Å². The molecule has 0 aliphatic carbocycles. The van der Waals surface area contributed by atoms with Gasteiger partial charge >= 0.3 is 0 Å². The van der Waals surface area contributed by atoms with Crippen LogP contribution in [-0.4, -0.2) is 11.9 Å². The van der Waals surface area contributed by atoms with Crippen molar-refractivity contribution in [3.63, 3.8) is 0 Å². The highest BCUT2D eigenvalue weighted by atomic mass is 16.1. The average molecular weight is 238 g/mol. The summed E-state index contributed by atoms with van der Waals surface area (Å²) in [5.41, 5.74) is 8.74. The molecule has 2 aromatic carbocycles. The van der Waals surface area contributed by atoms with Crippen LogP contribution >= 0.6 is 0 Å². The van der Waals surface area contributed by atoms with E-state index in [9.17, 15) is 4.79 Å². The van der Waals surface area contributed by atoms with Gasteiger partial charge in [0.15, 0.2) is 0 Å². The Morgan fingerprint density at radius 3 is 2.39 bits per heavy atom. The van der Waals surface area contributed by atoms with E-state index in [1.54, 1.807) is 0 Å². The smallest absolute Gasteiger partial charge is 0.240 e. The third-order valence-electron chi connectivity index (χ3n) is 3.41. The van der Waals surface area contributed by atoms with Gasteiger partial charge in [0.2, 0.25) is 5.91 Å². The van der Waals surface area contributed by atoms with E-state index in [2.05, 4.69) is 5.32 Å². The predicted octanol–water partition coefficient (Wildman–Crippen LogP) is 2.10. The van der Waals surface area contributed by atoms with Gasteiger partial charge in [-0.25, -0.2) is 0 Å². The second-order valence-corrected chi connectivity index (χ2v) is 4.50. The van der Waals surface area contributed by atoms with Gasteiger partial charge in [0.25, 0.3) is 0 Å². The van der Waals surface area contributed by atoms with Gasteiger partial charge in [0.05, 0.1) is 0 Å². The maximum Gasteiger partial charge on any atom is 0.240 e. The first kappa shape index (κ1) is 10.8. The van der Waals surface area contributed by atoms with E-state index in [1.165, 1.54) is 0 Å². The van der Waals surface area contributed by atoms with Crippen LogP contribution in [0.1, 0.15) is 17.0 Å². The van der Waals surface area contributed by atoms with Crippen LogP contribution < -0.4 is 11.1 Å². The first-order chi connectivity index (χ1) is 8.77. The minimum Gasteiger partial charge on any atom is -0.373 e. The number of nitrogens with two attached hydrogens (primary N) is 1. The molecular formula is C15H14N2O. The van der Waals surface area contributed by atoms with Crippen LogP contribution in [0.25, 0.3) is 0 Å². The van der Waals surface area contributed by atoms with E-state index in [0.29, 0.717) is 0 Å². The largest absolute Gasteiger partial charge is 0.373 e. The minimum atomic E-state index is -0.371. The molecule has 0 unspecified atom stereocenters. The zero-order valence-electron chi connectivity index (χ0n) is 9.84. The van der Waals surface area contributed by atoms with E-state index < -0.39 is 0 Å². The van der Waals surface area contributed by atoms with Gasteiger partial charge < -0.3 is 11.1 Å². The number of benzene rings is 2. The van der Waals surface area contributed by atoms with Gasteiger partial charge in [-0.2, -0.15) is 0 Å². The molecule has 2 aromatic rings. The second-order valence-electron chi connectivity index (χ2n) is 4.50. The van der Waals surface area contributed by atoms with Gasteiger partial charge in [0.1, 0.15) is 6.04 Å². The SMILES string of the molecule is NC(=O)[C@@H]1Nc2ccccc2[C@@H]1c1ccccc1. The summed E-state index contributed by atoms with van der Waals surface area (Å²) in [5, 5.41) is 3.21. The Morgan fingerprint density at radius 2 is 1.67 bits per heavy atom. The van der Waals surface area contributed by atoms with Crippen molar-refractivity contribution in [2.45, 2.75) is 12.0 Å². The van der Waals surface area contributed by atoms with Crippen LogP contribution in [0.5, 0.6) is 0 Å². The number of hydrogen-bond donors (Lipinski definition) is 2. The molecule has 18 heavy (non-hydrogen) atoms. The van der Waals surface area contributed by atoms with Crippen molar-refractivity contribution >= 4 is 11.6 Å². The van der Waals surface area contributed by atoms with Crippen LogP contribution in [0, 0.1) is 0 Å².